The van der Waals surface area contributed by atoms with Crippen LogP contribution in [0.15, 0.2) is 65.2 Å². The molecule has 0 radical (unpaired) electrons. The molecule has 28 heavy (non-hydrogen) atoms. The molecule has 0 heterocycles. The lowest BCUT2D eigenvalue weighted by molar-refractivity contribution is -0.145. The van der Waals surface area contributed by atoms with Crippen molar-refractivity contribution in [3.63, 3.8) is 0 Å². The van der Waals surface area contributed by atoms with E-state index in [4.69, 9.17) is 27.9 Å². The number of halogens is 2. The predicted octanol–water partition coefficient (Wildman–Crippen LogP) is 6.13. The molecule has 0 amide bonds. The van der Waals surface area contributed by atoms with Gasteiger partial charge in [0, 0.05) is 5.92 Å². The number of allylic oxidation sites excluding steroid dienone is 1. The summed E-state index contributed by atoms with van der Waals surface area (Å²) in [5.74, 6) is -1.22. The standard InChI is InChI=1S/C22H19Cl2NO3/c1-21(2)18(12-19(23)24)22(21,20(26)27)17(13-25)14-7-6-10-16(11-14)28-15-8-4-3-5-9-15/h3-12,17-18H,1-2H3,(H,26,27)/t17?,18-,22+/m0/s1. The van der Waals surface area contributed by atoms with Crippen LogP contribution in [0.1, 0.15) is 25.3 Å². The Kier molecular flexibility index (Phi) is 5.43. The van der Waals surface area contributed by atoms with Gasteiger partial charge in [-0.05, 0) is 41.3 Å². The first-order valence-corrected chi connectivity index (χ1v) is 9.49. The van der Waals surface area contributed by atoms with Gasteiger partial charge in [0.15, 0.2) is 0 Å². The fourth-order valence-electron chi connectivity index (χ4n) is 4.21. The van der Waals surface area contributed by atoms with Crippen LogP contribution in [0.25, 0.3) is 0 Å². The number of carboxylic acid groups (broad SMARTS) is 1. The van der Waals surface area contributed by atoms with Crippen molar-refractivity contribution in [3.8, 4) is 17.6 Å². The molecule has 3 rings (SSSR count). The molecule has 1 aliphatic rings. The molecule has 3 atom stereocenters. The minimum absolute atomic E-state index is 0.000878. The Labute approximate surface area is 174 Å². The van der Waals surface area contributed by atoms with E-state index in [0.29, 0.717) is 17.1 Å². The number of ether oxygens (including phenoxy) is 1. The number of rotatable bonds is 6. The number of nitriles is 1. The Hall–Kier alpha value is -2.48. The number of para-hydroxylation sites is 1. The Morgan fingerprint density at radius 2 is 1.82 bits per heavy atom. The molecule has 0 spiro atoms. The fourth-order valence-corrected chi connectivity index (χ4v) is 4.46. The zero-order chi connectivity index (χ0) is 20.5. The minimum atomic E-state index is -1.33. The molecule has 4 nitrogen and oxygen atoms in total. The number of hydrogen-bond acceptors (Lipinski definition) is 3. The monoisotopic (exact) mass is 415 g/mol. The highest BCUT2D eigenvalue weighted by Crippen LogP contribution is 2.75. The summed E-state index contributed by atoms with van der Waals surface area (Å²) in [6, 6.07) is 18.4. The van der Waals surface area contributed by atoms with Gasteiger partial charge in [0.1, 0.15) is 21.4 Å². The third kappa shape index (κ3) is 3.26. The molecular formula is C22H19Cl2NO3. The summed E-state index contributed by atoms with van der Waals surface area (Å²) in [6.45, 7) is 3.63. The Morgan fingerprint density at radius 3 is 2.39 bits per heavy atom. The second-order valence-corrected chi connectivity index (χ2v) is 8.39. The van der Waals surface area contributed by atoms with Crippen molar-refractivity contribution in [1.82, 2.24) is 0 Å². The zero-order valence-electron chi connectivity index (χ0n) is 15.4. The summed E-state index contributed by atoms with van der Waals surface area (Å²) >= 11 is 11.6. The normalized spacial score (nSPS) is 23.2. The van der Waals surface area contributed by atoms with Gasteiger partial charge in [-0.1, -0.05) is 67.4 Å². The third-order valence-corrected chi connectivity index (χ3v) is 5.90. The van der Waals surface area contributed by atoms with E-state index >= 15 is 0 Å². The van der Waals surface area contributed by atoms with Crippen molar-refractivity contribution in [2.75, 3.05) is 0 Å². The van der Waals surface area contributed by atoms with E-state index in [9.17, 15) is 15.2 Å². The average molecular weight is 416 g/mol. The van der Waals surface area contributed by atoms with Crippen LogP contribution in [0, 0.1) is 28.1 Å². The molecule has 0 bridgehead atoms. The van der Waals surface area contributed by atoms with Gasteiger partial charge in [-0.15, -0.1) is 0 Å². The van der Waals surface area contributed by atoms with Gasteiger partial charge >= 0.3 is 5.97 Å². The molecular weight excluding hydrogens is 397 g/mol. The topological polar surface area (TPSA) is 70.3 Å². The largest absolute Gasteiger partial charge is 0.481 e. The van der Waals surface area contributed by atoms with Gasteiger partial charge in [-0.25, -0.2) is 0 Å². The maximum atomic E-state index is 12.3. The van der Waals surface area contributed by atoms with E-state index in [1.54, 1.807) is 24.3 Å². The molecule has 1 aliphatic carbocycles. The van der Waals surface area contributed by atoms with E-state index in [1.807, 2.05) is 44.2 Å². The Morgan fingerprint density at radius 1 is 1.18 bits per heavy atom. The highest BCUT2D eigenvalue weighted by atomic mass is 35.5. The fraction of sp³-hybridized carbons (Fsp3) is 0.273. The van der Waals surface area contributed by atoms with E-state index < -0.39 is 28.6 Å². The summed E-state index contributed by atoms with van der Waals surface area (Å²) in [6.07, 6.45) is 1.52. The maximum absolute atomic E-state index is 12.3. The summed E-state index contributed by atoms with van der Waals surface area (Å²) in [5.41, 5.74) is -1.44. The SMILES string of the molecule is CC1(C)[C@H](C=C(Cl)Cl)[C@@]1(C(=O)O)C(C#N)c1cccc(Oc2ccccc2)c1. The molecule has 0 saturated heterocycles. The van der Waals surface area contributed by atoms with Crippen molar-refractivity contribution in [1.29, 1.82) is 5.26 Å². The number of benzene rings is 2. The second-order valence-electron chi connectivity index (χ2n) is 7.38. The van der Waals surface area contributed by atoms with E-state index in [0.717, 1.165) is 0 Å². The van der Waals surface area contributed by atoms with Gasteiger partial charge in [0.05, 0.1) is 12.0 Å². The molecule has 1 fully saturated rings. The highest BCUT2D eigenvalue weighted by molar-refractivity contribution is 6.55. The molecule has 1 N–H and O–H groups in total. The number of hydrogen-bond donors (Lipinski definition) is 1. The number of nitrogens with zero attached hydrogens (tertiary/aromatic N) is 1. The van der Waals surface area contributed by atoms with Crippen molar-refractivity contribution in [2.24, 2.45) is 16.7 Å². The van der Waals surface area contributed by atoms with Gasteiger partial charge in [0.25, 0.3) is 0 Å². The van der Waals surface area contributed by atoms with Gasteiger partial charge in [-0.3, -0.25) is 4.79 Å². The van der Waals surface area contributed by atoms with Crippen molar-refractivity contribution in [3.05, 3.63) is 70.7 Å². The lowest BCUT2D eigenvalue weighted by Crippen LogP contribution is -2.28. The van der Waals surface area contributed by atoms with E-state index in [2.05, 4.69) is 6.07 Å². The predicted molar refractivity (Wildman–Crippen MR) is 108 cm³/mol. The van der Waals surface area contributed by atoms with Crippen LogP contribution in [0.5, 0.6) is 11.5 Å². The third-order valence-electron chi connectivity index (χ3n) is 5.65. The van der Waals surface area contributed by atoms with Crippen LogP contribution in [-0.2, 0) is 4.79 Å². The lowest BCUT2D eigenvalue weighted by atomic mass is 9.78. The Balaban J connectivity index is 2.01. The lowest BCUT2D eigenvalue weighted by Gasteiger charge is -2.22. The highest BCUT2D eigenvalue weighted by Gasteiger charge is 2.78. The van der Waals surface area contributed by atoms with Crippen LogP contribution in [0.4, 0.5) is 0 Å². The first-order chi connectivity index (χ1) is 13.2. The van der Waals surface area contributed by atoms with Crippen LogP contribution in [-0.4, -0.2) is 11.1 Å². The first-order valence-electron chi connectivity index (χ1n) is 8.73. The Bertz CT molecular complexity index is 961. The molecule has 0 aliphatic heterocycles. The molecule has 0 aromatic heterocycles. The van der Waals surface area contributed by atoms with Gasteiger partial charge in [0.2, 0.25) is 0 Å². The van der Waals surface area contributed by atoms with Gasteiger partial charge in [-0.2, -0.15) is 5.26 Å². The van der Waals surface area contributed by atoms with Crippen molar-refractivity contribution >= 4 is 29.2 Å². The van der Waals surface area contributed by atoms with Crippen LogP contribution >= 0.6 is 23.2 Å². The molecule has 2 aromatic rings. The first kappa shape index (κ1) is 20.3. The summed E-state index contributed by atoms with van der Waals surface area (Å²) in [4.78, 5) is 12.3. The van der Waals surface area contributed by atoms with Crippen molar-refractivity contribution in [2.45, 2.75) is 19.8 Å². The number of carbonyl (C=O) groups is 1. The van der Waals surface area contributed by atoms with E-state index in [1.165, 1.54) is 6.08 Å². The van der Waals surface area contributed by atoms with Crippen LogP contribution < -0.4 is 4.74 Å². The summed E-state index contributed by atoms with van der Waals surface area (Å²) in [5, 5.41) is 20.0. The smallest absolute Gasteiger partial charge is 0.312 e. The molecule has 144 valence electrons. The molecule has 1 unspecified atom stereocenters. The number of carboxylic acids is 1. The van der Waals surface area contributed by atoms with Crippen LogP contribution in [0.2, 0.25) is 0 Å². The molecule has 6 heteroatoms. The zero-order valence-corrected chi connectivity index (χ0v) is 16.9. The second kappa shape index (κ2) is 7.50. The van der Waals surface area contributed by atoms with E-state index in [-0.39, 0.29) is 4.49 Å². The molecule has 1 saturated carbocycles. The summed E-state index contributed by atoms with van der Waals surface area (Å²) < 4.78 is 5.84. The average Bonchev–Trinajstić information content (AvgIpc) is 3.12. The minimum Gasteiger partial charge on any atom is -0.481 e. The van der Waals surface area contributed by atoms with Crippen molar-refractivity contribution < 1.29 is 14.6 Å². The summed E-state index contributed by atoms with van der Waals surface area (Å²) in [7, 11) is 0. The maximum Gasteiger partial charge on any atom is 0.312 e. The molecule has 2 aromatic carbocycles. The quantitative estimate of drug-likeness (QED) is 0.615. The number of aliphatic carboxylic acids is 1. The van der Waals surface area contributed by atoms with Gasteiger partial charge < -0.3 is 9.84 Å². The van der Waals surface area contributed by atoms with Crippen LogP contribution in [0.3, 0.4) is 0 Å².